The van der Waals surface area contributed by atoms with E-state index in [2.05, 4.69) is 34.3 Å². The molecule has 2 unspecified atom stereocenters. The molecule has 1 aromatic heterocycles. The highest BCUT2D eigenvalue weighted by molar-refractivity contribution is 5.30. The Labute approximate surface area is 127 Å². The predicted octanol–water partition coefficient (Wildman–Crippen LogP) is 2.50. The molecule has 1 aliphatic heterocycles. The van der Waals surface area contributed by atoms with E-state index >= 15 is 0 Å². The molecule has 0 spiro atoms. The minimum atomic E-state index is 0.498. The van der Waals surface area contributed by atoms with Crippen LogP contribution in [0.5, 0.6) is 0 Å². The van der Waals surface area contributed by atoms with Gasteiger partial charge in [-0.2, -0.15) is 4.98 Å². The summed E-state index contributed by atoms with van der Waals surface area (Å²) < 4.78 is 0. The van der Waals surface area contributed by atoms with Gasteiger partial charge in [0, 0.05) is 31.6 Å². The molecule has 2 N–H and O–H groups in total. The summed E-state index contributed by atoms with van der Waals surface area (Å²) in [4.78, 5) is 7.06. The van der Waals surface area contributed by atoms with Crippen LogP contribution in [-0.2, 0) is 6.42 Å². The first-order valence-electron chi connectivity index (χ1n) is 8.63. The Morgan fingerprint density at radius 1 is 1.05 bits per heavy atom. The van der Waals surface area contributed by atoms with Crippen molar-refractivity contribution in [3.05, 3.63) is 5.82 Å². The van der Waals surface area contributed by atoms with Crippen LogP contribution in [0.15, 0.2) is 0 Å². The van der Waals surface area contributed by atoms with Crippen LogP contribution in [0, 0.1) is 5.92 Å². The number of aromatic amines is 1. The fourth-order valence-electron chi connectivity index (χ4n) is 3.85. The minimum Gasteiger partial charge on any atom is -0.336 e. The van der Waals surface area contributed by atoms with Gasteiger partial charge in [-0.25, -0.2) is 0 Å². The molecule has 2 atom stereocenters. The van der Waals surface area contributed by atoms with Crippen LogP contribution >= 0.6 is 0 Å². The summed E-state index contributed by atoms with van der Waals surface area (Å²) in [6.07, 6.45) is 9.39. The monoisotopic (exact) mass is 291 g/mol. The molecule has 1 saturated heterocycles. The number of hydrogen-bond donors (Lipinski definition) is 2. The van der Waals surface area contributed by atoms with Crippen molar-refractivity contribution in [3.8, 4) is 0 Å². The Bertz CT molecular complexity index is 426. The first-order valence-corrected chi connectivity index (χ1v) is 8.63. The summed E-state index contributed by atoms with van der Waals surface area (Å²) in [6, 6.07) is 0.995. The molecular formula is C16H29N5. The van der Waals surface area contributed by atoms with Crippen molar-refractivity contribution in [2.24, 2.45) is 5.92 Å². The maximum atomic E-state index is 4.76. The van der Waals surface area contributed by atoms with Crippen LogP contribution in [-0.4, -0.2) is 40.4 Å². The maximum absolute atomic E-state index is 4.76. The Morgan fingerprint density at radius 3 is 2.38 bits per heavy atom. The molecule has 5 heteroatoms. The van der Waals surface area contributed by atoms with Crippen molar-refractivity contribution in [3.63, 3.8) is 0 Å². The average molecular weight is 291 g/mol. The zero-order valence-corrected chi connectivity index (χ0v) is 13.4. The number of piperazine rings is 1. The Kier molecular flexibility index (Phi) is 4.78. The summed E-state index contributed by atoms with van der Waals surface area (Å²) >= 11 is 0. The number of nitrogens with one attached hydrogen (secondary N) is 2. The lowest BCUT2D eigenvalue weighted by atomic mass is 9.96. The normalized spacial score (nSPS) is 28.6. The molecule has 2 heterocycles. The van der Waals surface area contributed by atoms with Gasteiger partial charge in [-0.05, 0) is 19.8 Å². The summed E-state index contributed by atoms with van der Waals surface area (Å²) in [5.74, 6) is 2.77. The number of H-pyrrole nitrogens is 1. The zero-order valence-electron chi connectivity index (χ0n) is 13.4. The molecule has 2 fully saturated rings. The molecule has 118 valence electrons. The predicted molar refractivity (Wildman–Crippen MR) is 85.6 cm³/mol. The van der Waals surface area contributed by atoms with Crippen LogP contribution in [0.4, 0.5) is 5.95 Å². The second-order valence-corrected chi connectivity index (χ2v) is 7.02. The summed E-state index contributed by atoms with van der Waals surface area (Å²) in [5, 5.41) is 11.2. The number of hydrogen-bond acceptors (Lipinski definition) is 4. The SMILES string of the molecule is CC1CN(c2n[nH]c(CC3CCCCCC3)n2)CC(C)N1. The van der Waals surface area contributed by atoms with Crippen molar-refractivity contribution in [2.75, 3.05) is 18.0 Å². The minimum absolute atomic E-state index is 0.498. The first-order chi connectivity index (χ1) is 10.2. The third kappa shape index (κ3) is 3.96. The first kappa shape index (κ1) is 14.8. The molecule has 21 heavy (non-hydrogen) atoms. The average Bonchev–Trinajstić information content (AvgIpc) is 2.74. The molecule has 0 bridgehead atoms. The van der Waals surface area contributed by atoms with Crippen LogP contribution in [0.2, 0.25) is 0 Å². The van der Waals surface area contributed by atoms with E-state index in [0.29, 0.717) is 12.1 Å². The number of nitrogens with zero attached hydrogens (tertiary/aromatic N) is 3. The molecule has 3 rings (SSSR count). The lowest BCUT2D eigenvalue weighted by molar-refractivity contribution is 0.403. The van der Waals surface area contributed by atoms with E-state index in [9.17, 15) is 0 Å². The van der Waals surface area contributed by atoms with Gasteiger partial charge in [0.05, 0.1) is 0 Å². The quantitative estimate of drug-likeness (QED) is 0.840. The number of aromatic nitrogens is 3. The van der Waals surface area contributed by atoms with Gasteiger partial charge in [-0.15, -0.1) is 5.10 Å². The van der Waals surface area contributed by atoms with Gasteiger partial charge in [-0.1, -0.05) is 38.5 Å². The van der Waals surface area contributed by atoms with E-state index in [1.807, 2.05) is 0 Å². The van der Waals surface area contributed by atoms with Crippen molar-refractivity contribution in [1.29, 1.82) is 0 Å². The highest BCUT2D eigenvalue weighted by Crippen LogP contribution is 2.25. The molecule has 0 radical (unpaired) electrons. The fourth-order valence-corrected chi connectivity index (χ4v) is 3.85. The second kappa shape index (κ2) is 6.77. The van der Waals surface area contributed by atoms with E-state index < -0.39 is 0 Å². The third-order valence-electron chi connectivity index (χ3n) is 4.82. The van der Waals surface area contributed by atoms with Crippen LogP contribution < -0.4 is 10.2 Å². The van der Waals surface area contributed by atoms with E-state index in [-0.39, 0.29) is 0 Å². The van der Waals surface area contributed by atoms with Gasteiger partial charge in [-0.3, -0.25) is 5.10 Å². The third-order valence-corrected chi connectivity index (χ3v) is 4.82. The topological polar surface area (TPSA) is 56.8 Å². The fraction of sp³-hybridized carbons (Fsp3) is 0.875. The Morgan fingerprint density at radius 2 is 1.71 bits per heavy atom. The van der Waals surface area contributed by atoms with Gasteiger partial charge in [0.25, 0.3) is 0 Å². The number of anilines is 1. The Balaban J connectivity index is 1.60. The van der Waals surface area contributed by atoms with Crippen LogP contribution in [0.3, 0.4) is 0 Å². The molecule has 2 aliphatic rings. The highest BCUT2D eigenvalue weighted by Gasteiger charge is 2.24. The van der Waals surface area contributed by atoms with Gasteiger partial charge in [0.1, 0.15) is 5.82 Å². The Hall–Kier alpha value is -1.10. The van der Waals surface area contributed by atoms with E-state index in [4.69, 9.17) is 4.98 Å². The molecule has 1 aliphatic carbocycles. The smallest absolute Gasteiger partial charge is 0.244 e. The zero-order chi connectivity index (χ0) is 14.7. The number of rotatable bonds is 3. The van der Waals surface area contributed by atoms with Gasteiger partial charge in [0.15, 0.2) is 0 Å². The van der Waals surface area contributed by atoms with Gasteiger partial charge < -0.3 is 10.2 Å². The molecule has 0 amide bonds. The van der Waals surface area contributed by atoms with Gasteiger partial charge in [0.2, 0.25) is 5.95 Å². The van der Waals surface area contributed by atoms with E-state index in [1.165, 1.54) is 38.5 Å². The van der Waals surface area contributed by atoms with Crippen LogP contribution in [0.25, 0.3) is 0 Å². The highest BCUT2D eigenvalue weighted by atomic mass is 15.4. The lowest BCUT2D eigenvalue weighted by Crippen LogP contribution is -2.54. The second-order valence-electron chi connectivity index (χ2n) is 7.02. The van der Waals surface area contributed by atoms with Crippen molar-refractivity contribution in [2.45, 2.75) is 70.9 Å². The maximum Gasteiger partial charge on any atom is 0.244 e. The molecule has 1 aromatic rings. The van der Waals surface area contributed by atoms with Gasteiger partial charge >= 0.3 is 0 Å². The van der Waals surface area contributed by atoms with Crippen molar-refractivity contribution >= 4 is 5.95 Å². The largest absolute Gasteiger partial charge is 0.336 e. The lowest BCUT2D eigenvalue weighted by Gasteiger charge is -2.35. The molecule has 1 saturated carbocycles. The van der Waals surface area contributed by atoms with E-state index in [1.54, 1.807) is 0 Å². The van der Waals surface area contributed by atoms with Crippen LogP contribution in [0.1, 0.15) is 58.2 Å². The van der Waals surface area contributed by atoms with Crippen molar-refractivity contribution in [1.82, 2.24) is 20.5 Å². The van der Waals surface area contributed by atoms with Crippen molar-refractivity contribution < 1.29 is 0 Å². The summed E-state index contributed by atoms with van der Waals surface area (Å²) in [6.45, 7) is 6.43. The standard InChI is InChI=1S/C16H29N5/c1-12-10-21(11-13(2)17-12)16-18-15(19-20-16)9-14-7-5-3-4-6-8-14/h12-14,17H,3-11H2,1-2H3,(H,18,19,20). The molecule has 5 nitrogen and oxygen atoms in total. The molecule has 0 aromatic carbocycles. The van der Waals surface area contributed by atoms with E-state index in [0.717, 1.165) is 37.2 Å². The summed E-state index contributed by atoms with van der Waals surface area (Å²) in [5.41, 5.74) is 0. The molecular weight excluding hydrogens is 262 g/mol. The summed E-state index contributed by atoms with van der Waals surface area (Å²) in [7, 11) is 0.